The maximum absolute atomic E-state index is 13.7. The highest BCUT2D eigenvalue weighted by molar-refractivity contribution is 6.04. The molecule has 4 nitrogen and oxygen atoms in total. The maximum atomic E-state index is 13.7. The summed E-state index contributed by atoms with van der Waals surface area (Å²) in [4.78, 5) is 16.8. The van der Waals surface area contributed by atoms with Crippen molar-refractivity contribution < 1.29 is 9.18 Å². The van der Waals surface area contributed by atoms with Gasteiger partial charge in [-0.25, -0.2) is 9.37 Å². The van der Waals surface area contributed by atoms with Crippen molar-refractivity contribution in [3.8, 4) is 11.3 Å². The van der Waals surface area contributed by atoms with Gasteiger partial charge in [-0.1, -0.05) is 30.3 Å². The lowest BCUT2D eigenvalue weighted by Crippen LogP contribution is -2.13. The Balaban J connectivity index is 1.57. The number of imidazole rings is 1. The Morgan fingerprint density at radius 2 is 1.77 bits per heavy atom. The molecule has 1 N–H and O–H groups in total. The van der Waals surface area contributed by atoms with E-state index in [1.807, 2.05) is 47.9 Å². The summed E-state index contributed by atoms with van der Waals surface area (Å²) in [6.45, 7) is 2.03. The van der Waals surface area contributed by atoms with Crippen molar-refractivity contribution in [1.29, 1.82) is 0 Å². The second-order valence-corrected chi connectivity index (χ2v) is 6.03. The number of aryl methyl sites for hydroxylation is 1. The summed E-state index contributed by atoms with van der Waals surface area (Å²) in [7, 11) is 0. The van der Waals surface area contributed by atoms with Gasteiger partial charge < -0.3 is 9.72 Å². The monoisotopic (exact) mass is 345 g/mol. The maximum Gasteiger partial charge on any atom is 0.258 e. The number of carbonyl (C=O) groups is 1. The van der Waals surface area contributed by atoms with E-state index in [1.54, 1.807) is 24.3 Å². The van der Waals surface area contributed by atoms with Crippen LogP contribution in [0.2, 0.25) is 0 Å². The molecule has 4 rings (SSSR count). The molecule has 0 aliphatic rings. The lowest BCUT2D eigenvalue weighted by atomic mass is 10.1. The van der Waals surface area contributed by atoms with E-state index in [1.165, 1.54) is 12.1 Å². The molecule has 0 spiro atoms. The third-order valence-corrected chi connectivity index (χ3v) is 4.25. The van der Waals surface area contributed by atoms with Crippen molar-refractivity contribution in [2.75, 3.05) is 5.32 Å². The van der Waals surface area contributed by atoms with Gasteiger partial charge >= 0.3 is 0 Å². The predicted octanol–water partition coefficient (Wildman–Crippen LogP) is 4.70. The number of nitrogens with zero attached hydrogens (tertiary/aromatic N) is 2. The van der Waals surface area contributed by atoms with E-state index in [2.05, 4.69) is 10.3 Å². The van der Waals surface area contributed by atoms with E-state index in [0.29, 0.717) is 5.69 Å². The number of rotatable bonds is 3. The van der Waals surface area contributed by atoms with E-state index in [4.69, 9.17) is 0 Å². The minimum Gasteiger partial charge on any atom is -0.322 e. The molecule has 2 aromatic heterocycles. The molecular formula is C21H16FN3O. The molecule has 0 aliphatic carbocycles. The van der Waals surface area contributed by atoms with E-state index in [-0.39, 0.29) is 5.56 Å². The lowest BCUT2D eigenvalue weighted by Gasteiger charge is -2.06. The van der Waals surface area contributed by atoms with Crippen LogP contribution in [0.3, 0.4) is 0 Å². The van der Waals surface area contributed by atoms with Gasteiger partial charge in [-0.2, -0.15) is 0 Å². The third-order valence-electron chi connectivity index (χ3n) is 4.25. The van der Waals surface area contributed by atoms with Crippen LogP contribution in [-0.4, -0.2) is 15.3 Å². The molecule has 0 fully saturated rings. The summed E-state index contributed by atoms with van der Waals surface area (Å²) in [6, 6.07) is 19.2. The van der Waals surface area contributed by atoms with Crippen molar-refractivity contribution in [3.05, 3.63) is 90.0 Å². The van der Waals surface area contributed by atoms with E-state index in [0.717, 1.165) is 22.6 Å². The average Bonchev–Trinajstić information content (AvgIpc) is 3.08. The zero-order valence-corrected chi connectivity index (χ0v) is 14.1. The average molecular weight is 345 g/mol. The summed E-state index contributed by atoms with van der Waals surface area (Å²) in [5.41, 5.74) is 4.41. The van der Waals surface area contributed by atoms with Crippen LogP contribution in [-0.2, 0) is 0 Å². The molecule has 0 aliphatic heterocycles. The standard InChI is InChI=1S/C21H16FN3O/c1-14-5-4-8-20-24-19(13-25(14)20)15-9-11-16(12-10-15)23-21(26)17-6-2-3-7-18(17)22/h2-13H,1H3,(H,23,26). The van der Waals surface area contributed by atoms with Crippen molar-refractivity contribution >= 4 is 17.2 Å². The van der Waals surface area contributed by atoms with E-state index in [9.17, 15) is 9.18 Å². The first-order valence-corrected chi connectivity index (χ1v) is 8.23. The Morgan fingerprint density at radius 1 is 1.00 bits per heavy atom. The van der Waals surface area contributed by atoms with Crippen molar-refractivity contribution in [1.82, 2.24) is 9.38 Å². The van der Waals surface area contributed by atoms with Gasteiger partial charge in [0, 0.05) is 23.1 Å². The van der Waals surface area contributed by atoms with Crippen LogP contribution in [0.4, 0.5) is 10.1 Å². The molecule has 0 saturated heterocycles. The highest BCUT2D eigenvalue weighted by atomic mass is 19.1. The number of benzene rings is 2. The molecule has 2 aromatic carbocycles. The SMILES string of the molecule is Cc1cccc2nc(-c3ccc(NC(=O)c4ccccc4F)cc3)cn12. The minimum atomic E-state index is -0.540. The van der Waals surface area contributed by atoms with Crippen molar-refractivity contribution in [2.24, 2.45) is 0 Å². The number of hydrogen-bond donors (Lipinski definition) is 1. The van der Waals surface area contributed by atoms with Gasteiger partial charge in [0.15, 0.2) is 0 Å². The first-order chi connectivity index (χ1) is 12.6. The number of hydrogen-bond acceptors (Lipinski definition) is 2. The van der Waals surface area contributed by atoms with E-state index < -0.39 is 11.7 Å². The highest BCUT2D eigenvalue weighted by Gasteiger charge is 2.11. The number of anilines is 1. The Bertz CT molecular complexity index is 1100. The predicted molar refractivity (Wildman–Crippen MR) is 99.7 cm³/mol. The minimum absolute atomic E-state index is 0.0207. The molecular weight excluding hydrogens is 329 g/mol. The second-order valence-electron chi connectivity index (χ2n) is 6.03. The summed E-state index contributed by atoms with van der Waals surface area (Å²) >= 11 is 0. The van der Waals surface area contributed by atoms with Gasteiger partial charge in [0.2, 0.25) is 0 Å². The molecule has 26 heavy (non-hydrogen) atoms. The normalized spacial score (nSPS) is 10.8. The van der Waals surface area contributed by atoms with Gasteiger partial charge in [0.05, 0.1) is 11.3 Å². The Kier molecular flexibility index (Phi) is 3.97. The first-order valence-electron chi connectivity index (χ1n) is 8.23. The van der Waals surface area contributed by atoms with Crippen molar-refractivity contribution in [3.63, 3.8) is 0 Å². The quantitative estimate of drug-likeness (QED) is 0.585. The number of pyridine rings is 1. The molecule has 5 heteroatoms. The number of halogens is 1. The molecule has 4 aromatic rings. The molecule has 0 saturated carbocycles. The third kappa shape index (κ3) is 2.95. The molecule has 128 valence electrons. The lowest BCUT2D eigenvalue weighted by molar-refractivity contribution is 0.102. The van der Waals surface area contributed by atoms with Crippen LogP contribution >= 0.6 is 0 Å². The summed E-state index contributed by atoms with van der Waals surface area (Å²) in [5, 5.41) is 2.71. The first kappa shape index (κ1) is 16.0. The van der Waals surface area contributed by atoms with Crippen LogP contribution < -0.4 is 5.32 Å². The zero-order valence-electron chi connectivity index (χ0n) is 14.1. The Labute approximate surface area is 149 Å². The zero-order chi connectivity index (χ0) is 18.1. The number of aromatic nitrogens is 2. The summed E-state index contributed by atoms with van der Waals surface area (Å²) in [5.74, 6) is -1.01. The molecule has 0 radical (unpaired) electrons. The Morgan fingerprint density at radius 3 is 2.50 bits per heavy atom. The van der Waals surface area contributed by atoms with Crippen LogP contribution in [0.5, 0.6) is 0 Å². The fourth-order valence-corrected chi connectivity index (χ4v) is 2.86. The van der Waals surface area contributed by atoms with Crippen LogP contribution in [0.15, 0.2) is 72.9 Å². The largest absolute Gasteiger partial charge is 0.322 e. The van der Waals surface area contributed by atoms with Gasteiger partial charge in [0.1, 0.15) is 11.5 Å². The molecule has 1 amide bonds. The van der Waals surface area contributed by atoms with Crippen LogP contribution in [0.1, 0.15) is 16.1 Å². The van der Waals surface area contributed by atoms with Crippen LogP contribution in [0.25, 0.3) is 16.9 Å². The summed E-state index contributed by atoms with van der Waals surface area (Å²) in [6.07, 6.45) is 1.98. The van der Waals surface area contributed by atoms with Crippen LogP contribution in [0, 0.1) is 12.7 Å². The molecule has 0 bridgehead atoms. The Hall–Kier alpha value is -3.47. The fourth-order valence-electron chi connectivity index (χ4n) is 2.86. The van der Waals surface area contributed by atoms with E-state index >= 15 is 0 Å². The second kappa shape index (κ2) is 6.44. The van der Waals surface area contributed by atoms with Crippen molar-refractivity contribution in [2.45, 2.75) is 6.92 Å². The summed E-state index contributed by atoms with van der Waals surface area (Å²) < 4.78 is 15.7. The van der Waals surface area contributed by atoms with Gasteiger partial charge in [-0.3, -0.25) is 4.79 Å². The number of carbonyl (C=O) groups excluding carboxylic acids is 1. The van der Waals surface area contributed by atoms with Gasteiger partial charge in [-0.15, -0.1) is 0 Å². The smallest absolute Gasteiger partial charge is 0.258 e. The molecule has 0 unspecified atom stereocenters. The number of fused-ring (bicyclic) bond motifs is 1. The van der Waals surface area contributed by atoms with Gasteiger partial charge in [-0.05, 0) is 43.3 Å². The highest BCUT2D eigenvalue weighted by Crippen LogP contribution is 2.22. The molecule has 0 atom stereocenters. The van der Waals surface area contributed by atoms with Gasteiger partial charge in [0.25, 0.3) is 5.91 Å². The number of nitrogens with one attached hydrogen (secondary N) is 1. The topological polar surface area (TPSA) is 46.4 Å². The number of amides is 1. The molecule has 2 heterocycles. The fraction of sp³-hybridized carbons (Fsp3) is 0.0476.